The van der Waals surface area contributed by atoms with Gasteiger partial charge in [-0.1, -0.05) is 35.4 Å². The topological polar surface area (TPSA) is 29.5 Å². The van der Waals surface area contributed by atoms with E-state index in [1.807, 2.05) is 25.1 Å². The molecule has 0 aromatic heterocycles. The molecular formula is C16H14ClFO2. The normalized spacial score (nSPS) is 21.2. The molecule has 0 saturated carbocycles. The van der Waals surface area contributed by atoms with E-state index in [1.54, 1.807) is 12.1 Å². The van der Waals surface area contributed by atoms with Crippen molar-refractivity contribution in [3.05, 3.63) is 63.9 Å². The maximum absolute atomic E-state index is 14.1. The molecule has 104 valence electrons. The minimum absolute atomic E-state index is 0.0651. The van der Waals surface area contributed by atoms with Gasteiger partial charge in [-0.25, -0.2) is 4.39 Å². The fourth-order valence-corrected chi connectivity index (χ4v) is 2.71. The molecule has 3 rings (SSSR count). The molecule has 4 heteroatoms. The van der Waals surface area contributed by atoms with Crippen LogP contribution < -0.4 is 4.74 Å². The average Bonchev–Trinajstić information content (AvgIpc) is 2.42. The largest absolute Gasteiger partial charge is 0.485 e. The van der Waals surface area contributed by atoms with Gasteiger partial charge < -0.3 is 9.84 Å². The van der Waals surface area contributed by atoms with Crippen LogP contribution >= 0.6 is 11.6 Å². The van der Waals surface area contributed by atoms with Crippen LogP contribution in [0.2, 0.25) is 5.02 Å². The molecule has 0 amide bonds. The van der Waals surface area contributed by atoms with Gasteiger partial charge in [-0.15, -0.1) is 0 Å². The third kappa shape index (κ3) is 2.28. The number of aryl methyl sites for hydroxylation is 1. The molecule has 2 aromatic carbocycles. The summed E-state index contributed by atoms with van der Waals surface area (Å²) in [6.45, 7) is 1.95. The highest BCUT2D eigenvalue weighted by Gasteiger charge is 2.30. The van der Waals surface area contributed by atoms with E-state index in [0.29, 0.717) is 17.7 Å². The van der Waals surface area contributed by atoms with Crippen LogP contribution in [0.4, 0.5) is 4.39 Å². The molecule has 0 bridgehead atoms. The Labute approximate surface area is 121 Å². The summed E-state index contributed by atoms with van der Waals surface area (Å²) in [6.07, 6.45) is -0.880. The Balaban J connectivity index is 1.99. The average molecular weight is 293 g/mol. The first-order valence-electron chi connectivity index (χ1n) is 6.45. The zero-order valence-corrected chi connectivity index (χ0v) is 11.7. The summed E-state index contributed by atoms with van der Waals surface area (Å²) in [5.41, 5.74) is 2.19. The van der Waals surface area contributed by atoms with Gasteiger partial charge >= 0.3 is 0 Å². The van der Waals surface area contributed by atoms with Crippen molar-refractivity contribution in [1.82, 2.24) is 0 Å². The molecule has 2 atom stereocenters. The lowest BCUT2D eigenvalue weighted by Gasteiger charge is -2.30. The first kappa shape index (κ1) is 13.4. The Morgan fingerprint density at radius 2 is 2.05 bits per heavy atom. The third-order valence-corrected chi connectivity index (χ3v) is 3.85. The zero-order valence-electron chi connectivity index (χ0n) is 10.9. The molecule has 0 aliphatic carbocycles. The molecule has 0 saturated heterocycles. The summed E-state index contributed by atoms with van der Waals surface area (Å²) < 4.78 is 19.9. The van der Waals surface area contributed by atoms with Crippen molar-refractivity contribution < 1.29 is 14.2 Å². The lowest BCUT2D eigenvalue weighted by atomic mass is 9.94. The van der Waals surface area contributed by atoms with Crippen LogP contribution in [0.15, 0.2) is 36.4 Å². The van der Waals surface area contributed by atoms with E-state index < -0.39 is 18.0 Å². The van der Waals surface area contributed by atoms with Crippen molar-refractivity contribution in [2.45, 2.75) is 25.6 Å². The van der Waals surface area contributed by atoms with Crippen LogP contribution in [0.3, 0.4) is 0 Å². The second-order valence-electron chi connectivity index (χ2n) is 5.04. The van der Waals surface area contributed by atoms with Crippen LogP contribution in [-0.4, -0.2) is 5.11 Å². The first-order valence-corrected chi connectivity index (χ1v) is 6.83. The molecule has 20 heavy (non-hydrogen) atoms. The maximum Gasteiger partial charge on any atom is 0.148 e. The Morgan fingerprint density at radius 3 is 2.85 bits per heavy atom. The van der Waals surface area contributed by atoms with Crippen LogP contribution in [0.1, 0.15) is 35.3 Å². The van der Waals surface area contributed by atoms with Crippen molar-refractivity contribution in [1.29, 1.82) is 0 Å². The Kier molecular flexibility index (Phi) is 3.40. The van der Waals surface area contributed by atoms with Crippen molar-refractivity contribution in [2.75, 3.05) is 0 Å². The van der Waals surface area contributed by atoms with E-state index in [-0.39, 0.29) is 5.02 Å². The van der Waals surface area contributed by atoms with Crippen LogP contribution in [-0.2, 0) is 0 Å². The van der Waals surface area contributed by atoms with Gasteiger partial charge in [-0.05, 0) is 25.1 Å². The number of hydrogen-bond acceptors (Lipinski definition) is 2. The molecule has 2 nitrogen and oxygen atoms in total. The molecular weight excluding hydrogens is 279 g/mol. The van der Waals surface area contributed by atoms with E-state index in [4.69, 9.17) is 16.3 Å². The fraction of sp³-hybridized carbons (Fsp3) is 0.250. The SMILES string of the molecule is Cc1ccc2c(c1)[C@@H](O)CC(c1cccc(Cl)c1F)O2. The van der Waals surface area contributed by atoms with Crippen molar-refractivity contribution in [3.8, 4) is 5.75 Å². The first-order chi connectivity index (χ1) is 9.56. The molecule has 1 heterocycles. The van der Waals surface area contributed by atoms with Crippen molar-refractivity contribution in [3.63, 3.8) is 0 Å². The molecule has 1 N–H and O–H groups in total. The Morgan fingerprint density at radius 1 is 1.25 bits per heavy atom. The van der Waals surface area contributed by atoms with Gasteiger partial charge in [0, 0.05) is 17.5 Å². The zero-order chi connectivity index (χ0) is 14.3. The highest BCUT2D eigenvalue weighted by molar-refractivity contribution is 6.30. The quantitative estimate of drug-likeness (QED) is 0.847. The van der Waals surface area contributed by atoms with Crippen LogP contribution in [0.5, 0.6) is 5.75 Å². The number of aliphatic hydroxyl groups is 1. The Bertz CT molecular complexity index is 657. The van der Waals surface area contributed by atoms with Gasteiger partial charge in [0.1, 0.15) is 17.7 Å². The van der Waals surface area contributed by atoms with E-state index in [0.717, 1.165) is 11.1 Å². The Hall–Kier alpha value is -1.58. The number of ether oxygens (including phenoxy) is 1. The van der Waals surface area contributed by atoms with Gasteiger partial charge in [-0.3, -0.25) is 0 Å². The standard InChI is InChI=1S/C16H14ClFO2/c1-9-5-6-14-11(7-9)13(19)8-15(20-14)10-3-2-4-12(17)16(10)18/h2-7,13,15,19H,8H2,1H3/t13-,15?/m0/s1. The lowest BCUT2D eigenvalue weighted by Crippen LogP contribution is -2.20. The molecule has 0 fully saturated rings. The maximum atomic E-state index is 14.1. The number of hydrogen-bond donors (Lipinski definition) is 1. The van der Waals surface area contributed by atoms with Crippen LogP contribution in [0, 0.1) is 12.7 Å². The summed E-state index contributed by atoms with van der Waals surface area (Å²) in [5.74, 6) is 0.112. The van der Waals surface area contributed by atoms with E-state index in [2.05, 4.69) is 0 Å². The smallest absolute Gasteiger partial charge is 0.148 e. The lowest BCUT2D eigenvalue weighted by molar-refractivity contribution is 0.0640. The van der Waals surface area contributed by atoms with Crippen molar-refractivity contribution >= 4 is 11.6 Å². The van der Waals surface area contributed by atoms with E-state index in [1.165, 1.54) is 6.07 Å². The predicted molar refractivity (Wildman–Crippen MR) is 75.5 cm³/mol. The van der Waals surface area contributed by atoms with Crippen molar-refractivity contribution in [2.24, 2.45) is 0 Å². The molecule has 1 aliphatic rings. The van der Waals surface area contributed by atoms with Crippen LogP contribution in [0.25, 0.3) is 0 Å². The second kappa shape index (κ2) is 5.08. The number of halogens is 2. The van der Waals surface area contributed by atoms with Gasteiger partial charge in [0.05, 0.1) is 11.1 Å². The summed E-state index contributed by atoms with van der Waals surface area (Å²) in [5, 5.41) is 10.3. The van der Waals surface area contributed by atoms with E-state index >= 15 is 0 Å². The number of rotatable bonds is 1. The molecule has 1 aliphatic heterocycles. The monoisotopic (exact) mass is 292 g/mol. The highest BCUT2D eigenvalue weighted by Crippen LogP contribution is 2.42. The second-order valence-corrected chi connectivity index (χ2v) is 5.45. The molecule has 1 unspecified atom stereocenters. The minimum atomic E-state index is -0.665. The molecule has 0 radical (unpaired) electrons. The number of aliphatic hydroxyl groups excluding tert-OH is 1. The highest BCUT2D eigenvalue weighted by atomic mass is 35.5. The van der Waals surface area contributed by atoms with E-state index in [9.17, 15) is 9.50 Å². The summed E-state index contributed by atoms with van der Waals surface area (Å²) in [6, 6.07) is 10.4. The van der Waals surface area contributed by atoms with Gasteiger partial charge in [0.2, 0.25) is 0 Å². The summed E-state index contributed by atoms with van der Waals surface area (Å²) in [7, 11) is 0. The third-order valence-electron chi connectivity index (χ3n) is 3.56. The summed E-state index contributed by atoms with van der Waals surface area (Å²) >= 11 is 5.80. The van der Waals surface area contributed by atoms with Gasteiger partial charge in [0.25, 0.3) is 0 Å². The molecule has 0 spiro atoms. The number of fused-ring (bicyclic) bond motifs is 1. The van der Waals surface area contributed by atoms with Gasteiger partial charge in [-0.2, -0.15) is 0 Å². The molecule has 2 aromatic rings. The predicted octanol–water partition coefficient (Wildman–Crippen LogP) is 4.34. The van der Waals surface area contributed by atoms with Gasteiger partial charge in [0.15, 0.2) is 0 Å². The number of benzene rings is 2. The minimum Gasteiger partial charge on any atom is -0.485 e. The summed E-state index contributed by atoms with van der Waals surface area (Å²) in [4.78, 5) is 0. The fourth-order valence-electron chi connectivity index (χ4n) is 2.53.